The lowest BCUT2D eigenvalue weighted by Gasteiger charge is -2.16. The van der Waals surface area contributed by atoms with Gasteiger partial charge in [-0.2, -0.15) is 0 Å². The van der Waals surface area contributed by atoms with Gasteiger partial charge < -0.3 is 16.4 Å². The number of carbonyl (C=O) groups excluding carboxylic acids is 2. The monoisotopic (exact) mass is 324 g/mol. The molecular weight excluding hydrogens is 304 g/mol. The van der Waals surface area contributed by atoms with Crippen molar-refractivity contribution in [2.24, 2.45) is 11.7 Å². The van der Waals surface area contributed by atoms with Crippen molar-refractivity contribution < 1.29 is 9.59 Å². The first-order valence-electron chi connectivity index (χ1n) is 8.00. The maximum atomic E-state index is 12.4. The van der Waals surface area contributed by atoms with Crippen LogP contribution in [0.1, 0.15) is 33.6 Å². The Morgan fingerprint density at radius 3 is 2.62 bits per heavy atom. The van der Waals surface area contributed by atoms with Crippen LogP contribution in [0.25, 0.3) is 0 Å². The van der Waals surface area contributed by atoms with E-state index in [1.807, 2.05) is 0 Å². The molecule has 6 heteroatoms. The summed E-state index contributed by atoms with van der Waals surface area (Å²) in [5, 5.41) is 5.74. The van der Waals surface area contributed by atoms with Crippen LogP contribution in [0.15, 0.2) is 48.8 Å². The van der Waals surface area contributed by atoms with Crippen molar-refractivity contribution in [1.29, 1.82) is 0 Å². The number of benzene rings is 1. The average Bonchev–Trinajstić information content (AvgIpc) is 3.45. The summed E-state index contributed by atoms with van der Waals surface area (Å²) in [6.07, 6.45) is 5.33. The normalized spacial score (nSPS) is 14.7. The second kappa shape index (κ2) is 7.23. The summed E-state index contributed by atoms with van der Waals surface area (Å²) in [6.45, 7) is 0.438. The Bertz CT molecular complexity index is 729. The van der Waals surface area contributed by atoms with E-state index >= 15 is 0 Å². The first-order chi connectivity index (χ1) is 11.7. The molecule has 1 heterocycles. The van der Waals surface area contributed by atoms with Gasteiger partial charge in [-0.05, 0) is 49.1 Å². The molecule has 0 bridgehead atoms. The minimum absolute atomic E-state index is 0.0196. The van der Waals surface area contributed by atoms with E-state index in [9.17, 15) is 9.59 Å². The SMILES string of the molecule is NCC(NC(=O)c1cccc(NC(=O)c2cccnc2)c1)C1CC1. The third-order valence-corrected chi connectivity index (χ3v) is 4.07. The standard InChI is InChI=1S/C18H20N4O2/c19-10-16(12-6-7-12)22-17(23)13-3-1-5-15(9-13)21-18(24)14-4-2-8-20-11-14/h1-5,8-9,11-12,16H,6-7,10,19H2,(H,21,24)(H,22,23). The number of amides is 2. The quantitative estimate of drug-likeness (QED) is 0.755. The zero-order valence-electron chi connectivity index (χ0n) is 13.2. The number of hydrogen-bond acceptors (Lipinski definition) is 4. The Morgan fingerprint density at radius 1 is 1.17 bits per heavy atom. The topological polar surface area (TPSA) is 97.1 Å². The van der Waals surface area contributed by atoms with Gasteiger partial charge >= 0.3 is 0 Å². The van der Waals surface area contributed by atoms with Gasteiger partial charge in [0.1, 0.15) is 0 Å². The molecule has 1 aliphatic carbocycles. The molecule has 1 aromatic carbocycles. The molecule has 2 amide bonds. The number of aromatic nitrogens is 1. The van der Waals surface area contributed by atoms with Crippen molar-refractivity contribution in [1.82, 2.24) is 10.3 Å². The predicted molar refractivity (Wildman–Crippen MR) is 91.7 cm³/mol. The summed E-state index contributed by atoms with van der Waals surface area (Å²) < 4.78 is 0. The van der Waals surface area contributed by atoms with Crippen molar-refractivity contribution in [2.45, 2.75) is 18.9 Å². The van der Waals surface area contributed by atoms with Crippen molar-refractivity contribution in [3.8, 4) is 0 Å². The van der Waals surface area contributed by atoms with Crippen LogP contribution < -0.4 is 16.4 Å². The van der Waals surface area contributed by atoms with Crippen molar-refractivity contribution >= 4 is 17.5 Å². The molecule has 0 saturated heterocycles. The molecule has 6 nitrogen and oxygen atoms in total. The maximum absolute atomic E-state index is 12.4. The lowest BCUT2D eigenvalue weighted by molar-refractivity contribution is 0.0932. The summed E-state index contributed by atoms with van der Waals surface area (Å²) in [4.78, 5) is 28.4. The highest BCUT2D eigenvalue weighted by Crippen LogP contribution is 2.32. The Balaban J connectivity index is 1.67. The molecule has 0 radical (unpaired) electrons. The van der Waals surface area contributed by atoms with Gasteiger partial charge in [0.25, 0.3) is 11.8 Å². The van der Waals surface area contributed by atoms with Crippen molar-refractivity contribution in [3.05, 3.63) is 59.9 Å². The summed E-state index contributed by atoms with van der Waals surface area (Å²) in [7, 11) is 0. The number of hydrogen-bond donors (Lipinski definition) is 3. The fraction of sp³-hybridized carbons (Fsp3) is 0.278. The van der Waals surface area contributed by atoms with E-state index in [2.05, 4.69) is 15.6 Å². The number of carbonyl (C=O) groups is 2. The minimum Gasteiger partial charge on any atom is -0.348 e. The Morgan fingerprint density at radius 2 is 1.96 bits per heavy atom. The fourth-order valence-corrected chi connectivity index (χ4v) is 2.56. The number of anilines is 1. The fourth-order valence-electron chi connectivity index (χ4n) is 2.56. The molecule has 1 saturated carbocycles. The third kappa shape index (κ3) is 3.97. The van der Waals surface area contributed by atoms with Gasteiger partial charge in [0.05, 0.1) is 5.56 Å². The van der Waals surface area contributed by atoms with Crippen LogP contribution in [-0.4, -0.2) is 29.4 Å². The molecule has 0 spiro atoms. The van der Waals surface area contributed by atoms with Gasteiger partial charge in [-0.1, -0.05) is 6.07 Å². The first-order valence-corrected chi connectivity index (χ1v) is 8.00. The lowest BCUT2D eigenvalue weighted by atomic mass is 10.1. The summed E-state index contributed by atoms with van der Waals surface area (Å²) >= 11 is 0. The largest absolute Gasteiger partial charge is 0.348 e. The van der Waals surface area contributed by atoms with Crippen LogP contribution in [0.4, 0.5) is 5.69 Å². The molecule has 1 unspecified atom stereocenters. The predicted octanol–water partition coefficient (Wildman–Crippen LogP) is 1.80. The van der Waals surface area contributed by atoms with Crippen LogP contribution in [0.3, 0.4) is 0 Å². The van der Waals surface area contributed by atoms with Gasteiger partial charge in [-0.25, -0.2) is 0 Å². The van der Waals surface area contributed by atoms with E-state index in [0.29, 0.717) is 29.3 Å². The highest BCUT2D eigenvalue weighted by Gasteiger charge is 2.31. The van der Waals surface area contributed by atoms with Crippen LogP contribution in [0, 0.1) is 5.92 Å². The zero-order valence-corrected chi connectivity index (χ0v) is 13.2. The van der Waals surface area contributed by atoms with E-state index in [1.165, 1.54) is 6.20 Å². The van der Waals surface area contributed by atoms with Gasteiger partial charge in [0.15, 0.2) is 0 Å². The minimum atomic E-state index is -0.265. The molecule has 24 heavy (non-hydrogen) atoms. The van der Waals surface area contributed by atoms with Crippen LogP contribution in [-0.2, 0) is 0 Å². The summed E-state index contributed by atoms with van der Waals surface area (Å²) in [5.74, 6) is 0.0562. The number of rotatable bonds is 6. The van der Waals surface area contributed by atoms with Gasteiger partial charge in [0, 0.05) is 36.2 Å². The van der Waals surface area contributed by atoms with E-state index < -0.39 is 0 Å². The van der Waals surface area contributed by atoms with Gasteiger partial charge in [-0.15, -0.1) is 0 Å². The van der Waals surface area contributed by atoms with E-state index in [4.69, 9.17) is 5.73 Å². The van der Waals surface area contributed by atoms with Crippen LogP contribution in [0.5, 0.6) is 0 Å². The smallest absolute Gasteiger partial charge is 0.257 e. The maximum Gasteiger partial charge on any atom is 0.257 e. The molecule has 1 atom stereocenters. The summed E-state index contributed by atoms with van der Waals surface area (Å²) in [5.41, 5.74) is 7.25. The molecule has 0 aliphatic heterocycles. The number of nitrogens with zero attached hydrogens (tertiary/aromatic N) is 1. The van der Waals surface area contributed by atoms with E-state index in [-0.39, 0.29) is 17.9 Å². The molecule has 1 fully saturated rings. The van der Waals surface area contributed by atoms with Gasteiger partial charge in [0.2, 0.25) is 0 Å². The van der Waals surface area contributed by atoms with Crippen molar-refractivity contribution in [2.75, 3.05) is 11.9 Å². The van der Waals surface area contributed by atoms with E-state index in [1.54, 1.807) is 42.6 Å². The first kappa shape index (κ1) is 16.1. The van der Waals surface area contributed by atoms with Crippen LogP contribution >= 0.6 is 0 Å². The molecule has 3 rings (SSSR count). The second-order valence-electron chi connectivity index (χ2n) is 5.93. The molecule has 4 N–H and O–H groups in total. The van der Waals surface area contributed by atoms with Gasteiger partial charge in [-0.3, -0.25) is 14.6 Å². The Hall–Kier alpha value is -2.73. The van der Waals surface area contributed by atoms with Crippen molar-refractivity contribution in [3.63, 3.8) is 0 Å². The lowest BCUT2D eigenvalue weighted by Crippen LogP contribution is -2.41. The number of nitrogens with two attached hydrogens (primary N) is 1. The second-order valence-corrected chi connectivity index (χ2v) is 5.93. The Labute approximate surface area is 140 Å². The molecule has 1 aliphatic rings. The molecule has 1 aromatic heterocycles. The number of nitrogens with one attached hydrogen (secondary N) is 2. The third-order valence-electron chi connectivity index (χ3n) is 4.07. The summed E-state index contributed by atoms with van der Waals surface area (Å²) in [6, 6.07) is 10.3. The molecule has 2 aromatic rings. The molecular formula is C18H20N4O2. The van der Waals surface area contributed by atoms with Crippen LogP contribution in [0.2, 0.25) is 0 Å². The highest BCUT2D eigenvalue weighted by molar-refractivity contribution is 6.04. The van der Waals surface area contributed by atoms with E-state index in [0.717, 1.165) is 12.8 Å². The number of pyridine rings is 1. The zero-order chi connectivity index (χ0) is 16.9. The highest BCUT2D eigenvalue weighted by atomic mass is 16.2. The molecule has 124 valence electrons. The average molecular weight is 324 g/mol. The Kier molecular flexibility index (Phi) is 4.86.